The molecule has 7 nitrogen and oxygen atoms in total. The summed E-state index contributed by atoms with van der Waals surface area (Å²) in [5, 5.41) is 10.7. The first-order valence-corrected chi connectivity index (χ1v) is 7.13. The normalized spacial score (nSPS) is 10.9. The first kappa shape index (κ1) is 15.5. The molecule has 0 saturated heterocycles. The van der Waals surface area contributed by atoms with Gasteiger partial charge in [0, 0.05) is 5.56 Å². The van der Waals surface area contributed by atoms with Crippen molar-refractivity contribution in [1.82, 2.24) is 5.16 Å². The van der Waals surface area contributed by atoms with Gasteiger partial charge in [-0.3, -0.25) is 0 Å². The number of H-pyrrole nitrogens is 1. The highest BCUT2D eigenvalue weighted by Crippen LogP contribution is 2.28. The number of benzene rings is 2. The summed E-state index contributed by atoms with van der Waals surface area (Å²) in [7, 11) is 3.17. The van der Waals surface area contributed by atoms with Gasteiger partial charge in [0.05, 0.1) is 19.9 Å². The lowest BCUT2D eigenvalue weighted by Gasteiger charge is -2.01. The minimum Gasteiger partial charge on any atom is -0.497 e. The summed E-state index contributed by atoms with van der Waals surface area (Å²) < 4.78 is 15.0. The first-order chi connectivity index (χ1) is 11.7. The fourth-order valence-electron chi connectivity index (χ4n) is 2.10. The van der Waals surface area contributed by atoms with Crippen LogP contribution in [-0.2, 0) is 0 Å². The Morgan fingerprint density at radius 2 is 1.46 bits per heavy atom. The molecule has 0 spiro atoms. The molecule has 1 heterocycles. The molecule has 0 fully saturated rings. The molecule has 3 rings (SSSR count). The molecule has 0 amide bonds. The smallest absolute Gasteiger partial charge is 0.385 e. The molecule has 0 aliphatic carbocycles. The number of rotatable bonds is 5. The molecule has 7 heteroatoms. The quantitative estimate of drug-likeness (QED) is 0.716. The molecule has 0 aliphatic rings. The average Bonchev–Trinajstić information content (AvgIpc) is 3.01. The highest BCUT2D eigenvalue weighted by atomic mass is 16.5. The van der Waals surface area contributed by atoms with Gasteiger partial charge in [-0.2, -0.15) is 5.11 Å². The summed E-state index contributed by atoms with van der Waals surface area (Å²) in [5.74, 6) is 1.43. The Hall–Kier alpha value is -3.35. The lowest BCUT2D eigenvalue weighted by Crippen LogP contribution is -1.90. The number of nitrogens with zero attached hydrogens (tertiary/aromatic N) is 2. The second-order valence-electron chi connectivity index (χ2n) is 4.84. The second kappa shape index (κ2) is 6.82. The average molecular weight is 325 g/mol. The highest BCUT2D eigenvalue weighted by molar-refractivity contribution is 5.71. The molecular formula is C17H15N3O4. The summed E-state index contributed by atoms with van der Waals surface area (Å²) in [6, 6.07) is 14.2. The standard InChI is InChI=1S/C17H15N3O4/c1-22-13-7-3-11(4-8-13)15-16(17(21)24-20-15)19-18-12-5-9-14(23-2)10-6-12/h3-10,20H,1-2H3. The van der Waals surface area contributed by atoms with Crippen molar-refractivity contribution in [2.24, 2.45) is 10.2 Å². The molecular weight excluding hydrogens is 310 g/mol. The van der Waals surface area contributed by atoms with Gasteiger partial charge in [-0.15, -0.1) is 5.11 Å². The van der Waals surface area contributed by atoms with E-state index in [2.05, 4.69) is 15.4 Å². The molecule has 0 bridgehead atoms. The summed E-state index contributed by atoms with van der Waals surface area (Å²) in [5.41, 5.74) is 1.32. The van der Waals surface area contributed by atoms with Crippen molar-refractivity contribution in [3.63, 3.8) is 0 Å². The van der Waals surface area contributed by atoms with Crippen molar-refractivity contribution in [3.8, 4) is 22.8 Å². The van der Waals surface area contributed by atoms with Crippen LogP contribution in [0.3, 0.4) is 0 Å². The number of ether oxygens (including phenoxy) is 2. The highest BCUT2D eigenvalue weighted by Gasteiger charge is 2.13. The van der Waals surface area contributed by atoms with Crippen LogP contribution in [0.5, 0.6) is 11.5 Å². The maximum absolute atomic E-state index is 11.9. The van der Waals surface area contributed by atoms with Crippen LogP contribution >= 0.6 is 0 Å². The van der Waals surface area contributed by atoms with Gasteiger partial charge in [-0.25, -0.2) is 9.95 Å². The minimum absolute atomic E-state index is 0.107. The lowest BCUT2D eigenvalue weighted by molar-refractivity contribution is 0.394. The zero-order chi connectivity index (χ0) is 16.9. The van der Waals surface area contributed by atoms with E-state index in [1.807, 2.05) is 0 Å². The fourth-order valence-corrected chi connectivity index (χ4v) is 2.10. The molecule has 1 N–H and O–H groups in total. The van der Waals surface area contributed by atoms with E-state index < -0.39 is 5.63 Å². The number of nitrogens with one attached hydrogen (secondary N) is 1. The van der Waals surface area contributed by atoms with E-state index in [1.165, 1.54) is 0 Å². The number of hydrogen-bond donors (Lipinski definition) is 1. The van der Waals surface area contributed by atoms with E-state index in [0.29, 0.717) is 22.9 Å². The van der Waals surface area contributed by atoms with Crippen molar-refractivity contribution in [3.05, 3.63) is 59.0 Å². The van der Waals surface area contributed by atoms with Gasteiger partial charge < -0.3 is 14.0 Å². The largest absolute Gasteiger partial charge is 0.497 e. The Morgan fingerprint density at radius 1 is 0.875 bits per heavy atom. The van der Waals surface area contributed by atoms with Gasteiger partial charge in [0.2, 0.25) is 0 Å². The number of aromatic nitrogens is 1. The Morgan fingerprint density at radius 3 is 2.04 bits per heavy atom. The first-order valence-electron chi connectivity index (χ1n) is 7.13. The van der Waals surface area contributed by atoms with E-state index in [1.54, 1.807) is 62.8 Å². The van der Waals surface area contributed by atoms with Crippen LogP contribution in [-0.4, -0.2) is 19.4 Å². The monoisotopic (exact) mass is 325 g/mol. The minimum atomic E-state index is -0.585. The number of methoxy groups -OCH3 is 2. The van der Waals surface area contributed by atoms with Crippen LogP contribution in [0.25, 0.3) is 11.3 Å². The Bertz CT molecular complexity index is 893. The molecule has 3 aromatic rings. The number of azo groups is 1. The summed E-state index contributed by atoms with van der Waals surface area (Å²) in [6.07, 6.45) is 0. The predicted octanol–water partition coefficient (Wildman–Crippen LogP) is 4.07. The molecule has 0 radical (unpaired) electrons. The van der Waals surface area contributed by atoms with Gasteiger partial charge in [-0.05, 0) is 48.5 Å². The maximum atomic E-state index is 11.9. The maximum Gasteiger partial charge on any atom is 0.385 e. The van der Waals surface area contributed by atoms with Crippen LogP contribution in [0.4, 0.5) is 11.4 Å². The van der Waals surface area contributed by atoms with E-state index in [0.717, 1.165) is 5.56 Å². The molecule has 0 unspecified atom stereocenters. The SMILES string of the molecule is COc1ccc(N=Nc2c(-c3ccc(OC)cc3)[nH]oc2=O)cc1. The molecule has 0 aliphatic heterocycles. The molecule has 0 atom stereocenters. The number of hydrogen-bond acceptors (Lipinski definition) is 6. The van der Waals surface area contributed by atoms with Crippen LogP contribution < -0.4 is 15.1 Å². The third-order valence-corrected chi connectivity index (χ3v) is 3.39. The van der Waals surface area contributed by atoms with E-state index in [9.17, 15) is 4.79 Å². The van der Waals surface area contributed by atoms with Crippen molar-refractivity contribution in [2.75, 3.05) is 14.2 Å². The summed E-state index contributed by atoms with van der Waals surface area (Å²) >= 11 is 0. The van der Waals surface area contributed by atoms with Crippen LogP contribution in [0.2, 0.25) is 0 Å². The fraction of sp³-hybridized carbons (Fsp3) is 0.118. The zero-order valence-corrected chi connectivity index (χ0v) is 13.1. The topological polar surface area (TPSA) is 89.2 Å². The van der Waals surface area contributed by atoms with Gasteiger partial charge in [0.15, 0.2) is 5.69 Å². The molecule has 122 valence electrons. The van der Waals surface area contributed by atoms with E-state index in [4.69, 9.17) is 14.0 Å². The molecule has 2 aromatic carbocycles. The number of aromatic amines is 1. The van der Waals surface area contributed by atoms with Crippen LogP contribution in [0, 0.1) is 0 Å². The summed E-state index contributed by atoms with van der Waals surface area (Å²) in [4.78, 5) is 11.9. The Kier molecular flexibility index (Phi) is 4.42. The van der Waals surface area contributed by atoms with Gasteiger partial charge in [0.1, 0.15) is 17.2 Å². The third kappa shape index (κ3) is 3.19. The summed E-state index contributed by atoms with van der Waals surface area (Å²) in [6.45, 7) is 0. The van der Waals surface area contributed by atoms with E-state index in [-0.39, 0.29) is 5.69 Å². The second-order valence-corrected chi connectivity index (χ2v) is 4.84. The van der Waals surface area contributed by atoms with Crippen molar-refractivity contribution in [1.29, 1.82) is 0 Å². The predicted molar refractivity (Wildman–Crippen MR) is 88.5 cm³/mol. The zero-order valence-electron chi connectivity index (χ0n) is 13.1. The van der Waals surface area contributed by atoms with E-state index >= 15 is 0 Å². The Labute approximate surface area is 137 Å². The molecule has 24 heavy (non-hydrogen) atoms. The molecule has 1 aromatic heterocycles. The van der Waals surface area contributed by atoms with Crippen LogP contribution in [0.1, 0.15) is 0 Å². The van der Waals surface area contributed by atoms with Crippen molar-refractivity contribution < 1.29 is 14.0 Å². The van der Waals surface area contributed by atoms with Gasteiger partial charge in [0.25, 0.3) is 0 Å². The lowest BCUT2D eigenvalue weighted by atomic mass is 10.1. The van der Waals surface area contributed by atoms with Crippen molar-refractivity contribution in [2.45, 2.75) is 0 Å². The van der Waals surface area contributed by atoms with Gasteiger partial charge >= 0.3 is 5.63 Å². The van der Waals surface area contributed by atoms with Crippen molar-refractivity contribution >= 4 is 11.4 Å². The Balaban J connectivity index is 1.91. The molecule has 0 saturated carbocycles. The third-order valence-electron chi connectivity index (χ3n) is 3.39. The van der Waals surface area contributed by atoms with Gasteiger partial charge in [-0.1, -0.05) is 0 Å². The van der Waals surface area contributed by atoms with Crippen LogP contribution in [0.15, 0.2) is 68.1 Å².